The minimum atomic E-state index is -0.188. The second kappa shape index (κ2) is 4.37. The van der Waals surface area contributed by atoms with Crippen molar-refractivity contribution in [2.45, 2.75) is 19.0 Å². The molecule has 2 rings (SSSR count). The summed E-state index contributed by atoms with van der Waals surface area (Å²) < 4.78 is 0. The third kappa shape index (κ3) is 2.02. The lowest BCUT2D eigenvalue weighted by atomic mass is 9.98. The van der Waals surface area contributed by atoms with Crippen molar-refractivity contribution >= 4 is 22.5 Å². The lowest BCUT2D eigenvalue weighted by Gasteiger charge is -2.17. The van der Waals surface area contributed by atoms with Gasteiger partial charge in [0.25, 0.3) is 0 Å². The maximum absolute atomic E-state index is 6.06. The summed E-state index contributed by atoms with van der Waals surface area (Å²) in [6.45, 7) is 1.90. The van der Waals surface area contributed by atoms with Crippen LogP contribution in [0.2, 0.25) is 5.02 Å². The van der Waals surface area contributed by atoms with Gasteiger partial charge in [-0.2, -0.15) is 0 Å². The van der Waals surface area contributed by atoms with Gasteiger partial charge in [-0.15, -0.1) is 0 Å². The summed E-state index contributed by atoms with van der Waals surface area (Å²) in [5.41, 5.74) is 13.7. The van der Waals surface area contributed by atoms with E-state index < -0.39 is 0 Å². The first-order valence-corrected chi connectivity index (χ1v) is 5.52. The number of benzene rings is 1. The molecular formula is C12H14ClN3. The van der Waals surface area contributed by atoms with Gasteiger partial charge in [-0.25, -0.2) is 0 Å². The average Bonchev–Trinajstić information content (AvgIpc) is 2.26. The standard InChI is InChI=1S/C12H14ClN3/c1-7(14)12(15)10-4-5-16-11-6-8(13)2-3-9(10)11/h2-7,12H,14-15H2,1H3. The number of hydrogen-bond donors (Lipinski definition) is 2. The summed E-state index contributed by atoms with van der Waals surface area (Å²) in [4.78, 5) is 4.26. The van der Waals surface area contributed by atoms with E-state index in [1.807, 2.05) is 31.2 Å². The van der Waals surface area contributed by atoms with Crippen LogP contribution in [0.1, 0.15) is 18.5 Å². The van der Waals surface area contributed by atoms with Crippen LogP contribution in [0.25, 0.3) is 10.9 Å². The van der Waals surface area contributed by atoms with Gasteiger partial charge in [-0.3, -0.25) is 4.98 Å². The van der Waals surface area contributed by atoms with E-state index in [1.165, 1.54) is 0 Å². The molecule has 0 aliphatic heterocycles. The first-order valence-electron chi connectivity index (χ1n) is 5.15. The number of nitrogens with two attached hydrogens (primary N) is 2. The van der Waals surface area contributed by atoms with Gasteiger partial charge >= 0.3 is 0 Å². The van der Waals surface area contributed by atoms with E-state index >= 15 is 0 Å². The fourth-order valence-corrected chi connectivity index (χ4v) is 1.88. The number of fused-ring (bicyclic) bond motifs is 1. The van der Waals surface area contributed by atoms with Crippen LogP contribution in [0.3, 0.4) is 0 Å². The van der Waals surface area contributed by atoms with Crippen molar-refractivity contribution in [1.82, 2.24) is 4.98 Å². The molecule has 0 saturated carbocycles. The van der Waals surface area contributed by atoms with Crippen LogP contribution in [0.15, 0.2) is 30.5 Å². The van der Waals surface area contributed by atoms with Crippen molar-refractivity contribution in [2.75, 3.05) is 0 Å². The second-order valence-electron chi connectivity index (χ2n) is 3.95. The molecule has 3 nitrogen and oxygen atoms in total. The molecule has 0 aliphatic carbocycles. The Kier molecular flexibility index (Phi) is 3.10. The average molecular weight is 236 g/mol. The Balaban J connectivity index is 2.62. The summed E-state index contributed by atoms with van der Waals surface area (Å²) >= 11 is 5.92. The molecular weight excluding hydrogens is 222 g/mol. The van der Waals surface area contributed by atoms with Crippen LogP contribution in [-0.2, 0) is 0 Å². The Hall–Kier alpha value is -1.16. The van der Waals surface area contributed by atoms with Crippen molar-refractivity contribution in [3.05, 3.63) is 41.0 Å². The van der Waals surface area contributed by atoms with Gasteiger partial charge < -0.3 is 11.5 Å². The molecule has 0 aliphatic rings. The van der Waals surface area contributed by atoms with Gasteiger partial charge in [0.1, 0.15) is 0 Å². The van der Waals surface area contributed by atoms with Gasteiger partial charge in [0.05, 0.1) is 5.52 Å². The summed E-state index contributed by atoms with van der Waals surface area (Å²) in [5, 5.41) is 1.68. The molecule has 0 radical (unpaired) electrons. The number of nitrogens with zero attached hydrogens (tertiary/aromatic N) is 1. The lowest BCUT2D eigenvalue weighted by molar-refractivity contribution is 0.592. The van der Waals surface area contributed by atoms with E-state index in [2.05, 4.69) is 4.98 Å². The summed E-state index contributed by atoms with van der Waals surface area (Å²) in [6.07, 6.45) is 1.73. The molecule has 0 bridgehead atoms. The lowest BCUT2D eigenvalue weighted by Crippen LogP contribution is -2.31. The summed E-state index contributed by atoms with van der Waals surface area (Å²) in [6, 6.07) is 7.22. The van der Waals surface area contributed by atoms with Crippen LogP contribution in [0.4, 0.5) is 0 Å². The zero-order chi connectivity index (χ0) is 11.7. The van der Waals surface area contributed by atoms with Gasteiger partial charge in [0.15, 0.2) is 0 Å². The molecule has 84 valence electrons. The monoisotopic (exact) mass is 235 g/mol. The molecule has 0 fully saturated rings. The van der Waals surface area contributed by atoms with E-state index in [4.69, 9.17) is 23.1 Å². The zero-order valence-corrected chi connectivity index (χ0v) is 9.78. The van der Waals surface area contributed by atoms with Crippen molar-refractivity contribution in [3.8, 4) is 0 Å². The summed E-state index contributed by atoms with van der Waals surface area (Å²) in [7, 11) is 0. The fraction of sp³-hybridized carbons (Fsp3) is 0.250. The third-order valence-electron chi connectivity index (χ3n) is 2.66. The minimum absolute atomic E-state index is 0.0960. The Labute approximate surface area is 99.4 Å². The Morgan fingerprint density at radius 3 is 2.69 bits per heavy atom. The number of hydrogen-bond acceptors (Lipinski definition) is 3. The molecule has 4 N–H and O–H groups in total. The highest BCUT2D eigenvalue weighted by atomic mass is 35.5. The number of pyridine rings is 1. The van der Waals surface area contributed by atoms with Crippen molar-refractivity contribution in [3.63, 3.8) is 0 Å². The first-order chi connectivity index (χ1) is 7.59. The molecule has 2 atom stereocenters. The van der Waals surface area contributed by atoms with E-state index in [1.54, 1.807) is 6.20 Å². The normalized spacial score (nSPS) is 15.0. The van der Waals surface area contributed by atoms with Gasteiger partial charge in [-0.1, -0.05) is 17.7 Å². The van der Waals surface area contributed by atoms with E-state index in [0.717, 1.165) is 16.5 Å². The molecule has 2 unspecified atom stereocenters. The van der Waals surface area contributed by atoms with Crippen LogP contribution >= 0.6 is 11.6 Å². The Morgan fingerprint density at radius 2 is 2.00 bits per heavy atom. The SMILES string of the molecule is CC(N)C(N)c1ccnc2cc(Cl)ccc12. The zero-order valence-electron chi connectivity index (χ0n) is 9.02. The predicted molar refractivity (Wildman–Crippen MR) is 67.3 cm³/mol. The molecule has 16 heavy (non-hydrogen) atoms. The predicted octanol–water partition coefficient (Wildman–Crippen LogP) is 2.24. The highest BCUT2D eigenvalue weighted by Gasteiger charge is 2.14. The fourth-order valence-electron chi connectivity index (χ4n) is 1.72. The molecule has 2 aromatic rings. The van der Waals surface area contributed by atoms with E-state index in [-0.39, 0.29) is 12.1 Å². The molecule has 0 spiro atoms. The molecule has 0 saturated heterocycles. The largest absolute Gasteiger partial charge is 0.326 e. The quantitative estimate of drug-likeness (QED) is 0.839. The van der Waals surface area contributed by atoms with Crippen LogP contribution in [0, 0.1) is 0 Å². The molecule has 1 aromatic carbocycles. The highest BCUT2D eigenvalue weighted by Crippen LogP contribution is 2.25. The Bertz CT molecular complexity index is 511. The van der Waals surface area contributed by atoms with E-state index in [0.29, 0.717) is 5.02 Å². The minimum Gasteiger partial charge on any atom is -0.326 e. The van der Waals surface area contributed by atoms with Gasteiger partial charge in [0.2, 0.25) is 0 Å². The van der Waals surface area contributed by atoms with Crippen molar-refractivity contribution in [1.29, 1.82) is 0 Å². The van der Waals surface area contributed by atoms with Crippen LogP contribution in [-0.4, -0.2) is 11.0 Å². The van der Waals surface area contributed by atoms with Crippen LogP contribution < -0.4 is 11.5 Å². The molecule has 4 heteroatoms. The van der Waals surface area contributed by atoms with E-state index in [9.17, 15) is 0 Å². The first kappa shape index (κ1) is 11.3. The Morgan fingerprint density at radius 1 is 1.25 bits per heavy atom. The number of halogens is 1. The number of rotatable bonds is 2. The maximum Gasteiger partial charge on any atom is 0.0720 e. The second-order valence-corrected chi connectivity index (χ2v) is 4.38. The smallest absolute Gasteiger partial charge is 0.0720 e. The van der Waals surface area contributed by atoms with Crippen molar-refractivity contribution in [2.24, 2.45) is 11.5 Å². The molecule has 1 aromatic heterocycles. The highest BCUT2D eigenvalue weighted by molar-refractivity contribution is 6.31. The van der Waals surface area contributed by atoms with Gasteiger partial charge in [-0.05, 0) is 30.7 Å². The number of aromatic nitrogens is 1. The van der Waals surface area contributed by atoms with Crippen molar-refractivity contribution < 1.29 is 0 Å². The third-order valence-corrected chi connectivity index (χ3v) is 2.90. The van der Waals surface area contributed by atoms with Crippen LogP contribution in [0.5, 0.6) is 0 Å². The van der Waals surface area contributed by atoms with Gasteiger partial charge in [0, 0.05) is 28.7 Å². The topological polar surface area (TPSA) is 64.9 Å². The molecule has 1 heterocycles. The summed E-state index contributed by atoms with van der Waals surface area (Å²) in [5.74, 6) is 0. The molecule has 0 amide bonds. The maximum atomic E-state index is 6.06.